The Kier molecular flexibility index (Phi) is 4.30. The fourth-order valence-corrected chi connectivity index (χ4v) is 1.79. The van der Waals surface area contributed by atoms with Crippen molar-refractivity contribution >= 4 is 34.8 Å². The molecule has 0 aliphatic rings. The molecule has 18 heavy (non-hydrogen) atoms. The van der Waals surface area contributed by atoms with Gasteiger partial charge in [0.05, 0.1) is 6.61 Å². The highest BCUT2D eigenvalue weighted by atomic mass is 35.5. The Bertz CT molecular complexity index is 530. The summed E-state index contributed by atoms with van der Waals surface area (Å²) < 4.78 is 5.11. The molecule has 0 aliphatic heterocycles. The van der Waals surface area contributed by atoms with Crippen molar-refractivity contribution in [1.29, 1.82) is 0 Å². The average Bonchev–Trinajstić information content (AvgIpc) is 2.30. The van der Waals surface area contributed by atoms with E-state index in [-0.39, 0.29) is 10.6 Å². The molecule has 2 aromatic rings. The van der Waals surface area contributed by atoms with E-state index in [1.54, 1.807) is 7.11 Å². The predicted octanol–water partition coefficient (Wildman–Crippen LogP) is 3.07. The smallest absolute Gasteiger partial charge is 0.232 e. The number of methoxy groups -OCH3 is 1. The average molecular weight is 285 g/mol. The zero-order chi connectivity index (χ0) is 13.0. The van der Waals surface area contributed by atoms with Crippen LogP contribution in [0.4, 0.5) is 11.6 Å². The maximum Gasteiger partial charge on any atom is 0.232 e. The minimum atomic E-state index is 0.0433. The van der Waals surface area contributed by atoms with Crippen LogP contribution in [0, 0.1) is 0 Å². The lowest BCUT2D eigenvalue weighted by Gasteiger charge is -2.10. The van der Waals surface area contributed by atoms with E-state index >= 15 is 0 Å². The molecule has 0 amide bonds. The molecule has 0 fully saturated rings. The van der Waals surface area contributed by atoms with Gasteiger partial charge in [-0.15, -0.1) is 0 Å². The molecular weight excluding hydrogens is 275 g/mol. The molecule has 0 saturated carbocycles. The Hall–Kier alpha value is -1.43. The van der Waals surface area contributed by atoms with E-state index < -0.39 is 0 Å². The lowest BCUT2D eigenvalue weighted by molar-refractivity contribution is 0.185. The highest BCUT2D eigenvalue weighted by Gasteiger charge is 2.06. The minimum Gasteiger partial charge on any atom is -0.380 e. The summed E-state index contributed by atoms with van der Waals surface area (Å²) in [5, 5.41) is 3.11. The van der Waals surface area contributed by atoms with Crippen molar-refractivity contribution in [2.24, 2.45) is 0 Å². The summed E-state index contributed by atoms with van der Waals surface area (Å²) in [6.07, 6.45) is 0. The van der Waals surface area contributed by atoms with Crippen molar-refractivity contribution < 1.29 is 4.74 Å². The number of ether oxygens (including phenoxy) is 1. The second-order valence-corrected chi connectivity index (χ2v) is 4.09. The molecule has 5 nitrogen and oxygen atoms in total. The van der Waals surface area contributed by atoms with Crippen molar-refractivity contribution in [2.75, 3.05) is 12.4 Å². The lowest BCUT2D eigenvalue weighted by atomic mass is 10.2. The molecule has 0 saturated heterocycles. The number of benzene rings is 1. The van der Waals surface area contributed by atoms with Crippen LogP contribution in [-0.2, 0) is 11.3 Å². The molecule has 1 heterocycles. The first-order valence-corrected chi connectivity index (χ1v) is 5.85. The SMILES string of the molecule is COCc1ccccc1Nc1nc(Cl)nc(Cl)n1. The van der Waals surface area contributed by atoms with Gasteiger partial charge in [-0.1, -0.05) is 18.2 Å². The standard InChI is InChI=1S/C11H10Cl2N4O/c1-18-6-7-4-2-3-5-8(7)14-11-16-9(12)15-10(13)17-11/h2-5H,6H2,1H3,(H,14,15,16,17). The van der Waals surface area contributed by atoms with Crippen LogP contribution < -0.4 is 5.32 Å². The first kappa shape index (κ1) is 13.0. The van der Waals surface area contributed by atoms with Crippen molar-refractivity contribution in [3.63, 3.8) is 0 Å². The Morgan fingerprint density at radius 1 is 1.11 bits per heavy atom. The van der Waals surface area contributed by atoms with Crippen molar-refractivity contribution in [2.45, 2.75) is 6.61 Å². The van der Waals surface area contributed by atoms with Crippen LogP contribution in [0.25, 0.3) is 0 Å². The van der Waals surface area contributed by atoms with Gasteiger partial charge in [-0.2, -0.15) is 15.0 Å². The number of nitrogens with one attached hydrogen (secondary N) is 1. The summed E-state index contributed by atoms with van der Waals surface area (Å²) in [6, 6.07) is 7.65. The van der Waals surface area contributed by atoms with Crippen LogP contribution >= 0.6 is 23.2 Å². The van der Waals surface area contributed by atoms with Gasteiger partial charge in [-0.3, -0.25) is 0 Å². The molecular formula is C11H10Cl2N4O. The number of anilines is 2. The quantitative estimate of drug-likeness (QED) is 0.935. The van der Waals surface area contributed by atoms with Crippen LogP contribution in [0.5, 0.6) is 0 Å². The topological polar surface area (TPSA) is 59.9 Å². The molecule has 0 aliphatic carbocycles. The molecule has 0 atom stereocenters. The maximum atomic E-state index is 5.71. The fraction of sp³-hybridized carbons (Fsp3) is 0.182. The Morgan fingerprint density at radius 2 is 1.78 bits per heavy atom. The maximum absolute atomic E-state index is 5.71. The Morgan fingerprint density at radius 3 is 2.44 bits per heavy atom. The normalized spacial score (nSPS) is 10.4. The number of nitrogens with zero attached hydrogens (tertiary/aromatic N) is 3. The fourth-order valence-electron chi connectivity index (χ4n) is 1.43. The largest absolute Gasteiger partial charge is 0.380 e. The molecule has 1 N–H and O–H groups in total. The first-order chi connectivity index (χ1) is 8.69. The first-order valence-electron chi connectivity index (χ1n) is 5.10. The van der Waals surface area contributed by atoms with E-state index in [1.165, 1.54) is 0 Å². The zero-order valence-electron chi connectivity index (χ0n) is 9.52. The van der Waals surface area contributed by atoms with Gasteiger partial charge >= 0.3 is 0 Å². The Balaban J connectivity index is 2.27. The molecule has 0 radical (unpaired) electrons. The van der Waals surface area contributed by atoms with E-state index in [9.17, 15) is 0 Å². The molecule has 0 spiro atoms. The molecule has 0 unspecified atom stereocenters. The van der Waals surface area contributed by atoms with Crippen LogP contribution in [0.15, 0.2) is 24.3 Å². The van der Waals surface area contributed by atoms with Crippen LogP contribution in [0.3, 0.4) is 0 Å². The predicted molar refractivity (Wildman–Crippen MR) is 70.3 cm³/mol. The Labute approximate surface area is 114 Å². The van der Waals surface area contributed by atoms with E-state index in [0.717, 1.165) is 11.3 Å². The second-order valence-electron chi connectivity index (χ2n) is 3.41. The van der Waals surface area contributed by atoms with Gasteiger partial charge in [0, 0.05) is 18.4 Å². The van der Waals surface area contributed by atoms with Gasteiger partial charge in [-0.05, 0) is 29.3 Å². The summed E-state index contributed by atoms with van der Waals surface area (Å²) >= 11 is 11.4. The number of aromatic nitrogens is 3. The van der Waals surface area contributed by atoms with E-state index in [1.807, 2.05) is 24.3 Å². The van der Waals surface area contributed by atoms with Crippen molar-refractivity contribution in [3.8, 4) is 0 Å². The monoisotopic (exact) mass is 284 g/mol. The summed E-state index contributed by atoms with van der Waals surface area (Å²) in [7, 11) is 1.63. The van der Waals surface area contributed by atoms with Crippen LogP contribution in [0.1, 0.15) is 5.56 Å². The molecule has 1 aromatic heterocycles. The summed E-state index contributed by atoms with van der Waals surface area (Å²) in [5.41, 5.74) is 1.81. The number of halogens is 2. The molecule has 2 rings (SSSR count). The zero-order valence-corrected chi connectivity index (χ0v) is 11.0. The van der Waals surface area contributed by atoms with Crippen LogP contribution in [0.2, 0.25) is 10.6 Å². The van der Waals surface area contributed by atoms with Crippen molar-refractivity contribution in [3.05, 3.63) is 40.4 Å². The van der Waals surface area contributed by atoms with E-state index in [0.29, 0.717) is 12.6 Å². The highest BCUT2D eigenvalue weighted by molar-refractivity contribution is 6.31. The molecule has 0 bridgehead atoms. The summed E-state index contributed by atoms with van der Waals surface area (Å²) in [4.78, 5) is 11.6. The number of para-hydroxylation sites is 1. The van der Waals surface area contributed by atoms with Gasteiger partial charge < -0.3 is 10.1 Å². The lowest BCUT2D eigenvalue weighted by Crippen LogP contribution is -2.02. The number of hydrogen-bond acceptors (Lipinski definition) is 5. The van der Waals surface area contributed by atoms with Gasteiger partial charge in [0.25, 0.3) is 0 Å². The molecule has 7 heteroatoms. The van der Waals surface area contributed by atoms with Gasteiger partial charge in [-0.25, -0.2) is 0 Å². The number of hydrogen-bond donors (Lipinski definition) is 1. The second kappa shape index (κ2) is 5.95. The highest BCUT2D eigenvalue weighted by Crippen LogP contribution is 2.20. The van der Waals surface area contributed by atoms with E-state index in [2.05, 4.69) is 20.3 Å². The summed E-state index contributed by atoms with van der Waals surface area (Å²) in [6.45, 7) is 0.482. The third kappa shape index (κ3) is 3.29. The third-order valence-electron chi connectivity index (χ3n) is 2.14. The molecule has 94 valence electrons. The number of rotatable bonds is 4. The minimum absolute atomic E-state index is 0.0433. The van der Waals surface area contributed by atoms with Gasteiger partial charge in [0.2, 0.25) is 16.5 Å². The van der Waals surface area contributed by atoms with Gasteiger partial charge in [0.15, 0.2) is 0 Å². The van der Waals surface area contributed by atoms with Crippen LogP contribution in [-0.4, -0.2) is 22.1 Å². The third-order valence-corrected chi connectivity index (χ3v) is 2.48. The van der Waals surface area contributed by atoms with Gasteiger partial charge in [0.1, 0.15) is 0 Å². The van der Waals surface area contributed by atoms with Crippen molar-refractivity contribution in [1.82, 2.24) is 15.0 Å². The summed E-state index contributed by atoms with van der Waals surface area (Å²) in [5.74, 6) is 0.295. The molecule has 1 aromatic carbocycles. The van der Waals surface area contributed by atoms with E-state index in [4.69, 9.17) is 27.9 Å².